The first-order chi connectivity index (χ1) is 12.6. The summed E-state index contributed by atoms with van der Waals surface area (Å²) < 4.78 is 15.8. The van der Waals surface area contributed by atoms with E-state index in [0.29, 0.717) is 16.7 Å². The summed E-state index contributed by atoms with van der Waals surface area (Å²) >= 11 is 0. The van der Waals surface area contributed by atoms with E-state index in [1.165, 1.54) is 6.20 Å². The number of imidazole rings is 1. The van der Waals surface area contributed by atoms with Crippen molar-refractivity contribution in [3.63, 3.8) is 0 Å². The first-order valence-corrected chi connectivity index (χ1v) is 7.99. The zero-order valence-electron chi connectivity index (χ0n) is 14.6. The largest absolute Gasteiger partial charge is 1.00 e. The second-order valence-corrected chi connectivity index (χ2v) is 5.88. The molecule has 0 atom stereocenters. The molecule has 0 amide bonds. The summed E-state index contributed by atoms with van der Waals surface area (Å²) in [5.41, 5.74) is 4.26. The molecule has 2 aromatic carbocycles. The molecule has 7 heteroatoms. The second kappa shape index (κ2) is 7.75. The van der Waals surface area contributed by atoms with Gasteiger partial charge in [0.05, 0.1) is 11.0 Å². The van der Waals surface area contributed by atoms with Crippen molar-refractivity contribution in [2.75, 3.05) is 0 Å². The van der Waals surface area contributed by atoms with E-state index in [9.17, 15) is 14.3 Å². The summed E-state index contributed by atoms with van der Waals surface area (Å²) in [5.74, 6) is -1.63. The van der Waals surface area contributed by atoms with E-state index in [0.717, 1.165) is 16.7 Å². The Bertz CT molecular complexity index is 1110. The van der Waals surface area contributed by atoms with Gasteiger partial charge in [0.2, 0.25) is 5.95 Å². The molecule has 128 valence electrons. The van der Waals surface area contributed by atoms with Gasteiger partial charge in [0, 0.05) is 29.8 Å². The Labute approximate surface area is 166 Å². The second-order valence-electron chi connectivity index (χ2n) is 5.88. The number of carbonyl (C=O) groups is 1. The van der Waals surface area contributed by atoms with Crippen LogP contribution in [0.1, 0.15) is 5.56 Å². The molecule has 2 aromatic heterocycles. The van der Waals surface area contributed by atoms with E-state index in [1.807, 2.05) is 34.9 Å². The van der Waals surface area contributed by atoms with E-state index in [1.54, 1.807) is 30.6 Å². The monoisotopic (exact) mass is 353 g/mol. The third kappa shape index (κ3) is 3.77. The number of rotatable bonds is 4. The van der Waals surface area contributed by atoms with Crippen LogP contribution in [0.15, 0.2) is 67.1 Å². The van der Waals surface area contributed by atoms with Crippen LogP contribution >= 0.6 is 0 Å². The molecule has 0 radical (unpaired) electrons. The minimum absolute atomic E-state index is 0. The molecule has 0 aliphatic heterocycles. The van der Waals surface area contributed by atoms with Gasteiger partial charge in [-0.05, 0) is 47.5 Å². The molecule has 0 bridgehead atoms. The molecule has 2 heterocycles. The van der Waals surface area contributed by atoms with Gasteiger partial charge in [-0.3, -0.25) is 4.57 Å². The van der Waals surface area contributed by atoms with Crippen LogP contribution in [0.4, 0.5) is 4.39 Å². The normalized spacial score (nSPS) is 10.6. The molecule has 5 nitrogen and oxygen atoms in total. The number of aromatic nitrogens is 3. The fourth-order valence-corrected chi connectivity index (χ4v) is 2.93. The average molecular weight is 353 g/mol. The van der Waals surface area contributed by atoms with Crippen molar-refractivity contribution in [2.24, 2.45) is 0 Å². The molecule has 0 spiro atoms. The molecule has 4 aromatic rings. The van der Waals surface area contributed by atoms with Gasteiger partial charge in [-0.1, -0.05) is 18.2 Å². The van der Waals surface area contributed by atoms with E-state index < -0.39 is 11.9 Å². The van der Waals surface area contributed by atoms with Gasteiger partial charge in [-0.25, -0.2) is 9.97 Å². The number of carboxylic acid groups (broad SMARTS) is 1. The topological polar surface area (TPSA) is 70.8 Å². The summed E-state index contributed by atoms with van der Waals surface area (Å²) in [7, 11) is 0. The maximum absolute atomic E-state index is 13.9. The molecule has 27 heavy (non-hydrogen) atoms. The molecular formula is C20H13FLiN3O2. The molecule has 0 unspecified atom stereocenters. The minimum Gasteiger partial charge on any atom is -0.550 e. The van der Waals surface area contributed by atoms with Crippen molar-refractivity contribution in [1.29, 1.82) is 0 Å². The smallest absolute Gasteiger partial charge is 0.550 e. The molecule has 4 rings (SSSR count). The van der Waals surface area contributed by atoms with Gasteiger partial charge in [0.15, 0.2) is 0 Å². The minimum atomic E-state index is -1.11. The van der Waals surface area contributed by atoms with Gasteiger partial charge < -0.3 is 9.90 Å². The first-order valence-electron chi connectivity index (χ1n) is 7.99. The number of carboxylic acids is 1. The van der Waals surface area contributed by atoms with Crippen molar-refractivity contribution < 1.29 is 33.2 Å². The van der Waals surface area contributed by atoms with Crippen LogP contribution in [0.25, 0.3) is 27.8 Å². The molecule has 0 saturated carbocycles. The maximum atomic E-state index is 13.9. The fraction of sp³-hybridized carbons (Fsp3) is 0.0500. The van der Waals surface area contributed by atoms with E-state index in [2.05, 4.69) is 9.97 Å². The Kier molecular flexibility index (Phi) is 5.40. The molecule has 0 aliphatic carbocycles. The first kappa shape index (κ1) is 18.8. The van der Waals surface area contributed by atoms with E-state index >= 15 is 0 Å². The summed E-state index contributed by atoms with van der Waals surface area (Å²) in [6.45, 7) is 0. The van der Waals surface area contributed by atoms with Gasteiger partial charge in [-0.15, -0.1) is 0 Å². The Morgan fingerprint density at radius 1 is 1.07 bits per heavy atom. The van der Waals surface area contributed by atoms with Crippen LogP contribution in [0.5, 0.6) is 0 Å². The zero-order chi connectivity index (χ0) is 18.1. The molecule has 0 N–H and O–H groups in total. The van der Waals surface area contributed by atoms with Gasteiger partial charge in [0.25, 0.3) is 0 Å². The zero-order valence-corrected chi connectivity index (χ0v) is 14.6. The predicted octanol–water partition coefficient (Wildman–Crippen LogP) is -0.477. The van der Waals surface area contributed by atoms with E-state index in [-0.39, 0.29) is 25.3 Å². The van der Waals surface area contributed by atoms with Gasteiger partial charge >= 0.3 is 18.9 Å². The number of benzene rings is 2. The van der Waals surface area contributed by atoms with E-state index in [4.69, 9.17) is 0 Å². The number of halogens is 1. The van der Waals surface area contributed by atoms with Crippen molar-refractivity contribution in [3.8, 4) is 16.8 Å². The van der Waals surface area contributed by atoms with Crippen LogP contribution in [0.3, 0.4) is 0 Å². The number of hydrogen-bond donors (Lipinski definition) is 0. The molecule has 0 saturated heterocycles. The Hall–Kier alpha value is -2.94. The molecular weight excluding hydrogens is 340 g/mol. The van der Waals surface area contributed by atoms with Crippen LogP contribution < -0.4 is 24.0 Å². The van der Waals surface area contributed by atoms with Crippen molar-refractivity contribution in [3.05, 3.63) is 78.6 Å². The Balaban J connectivity index is 0.00000210. The standard InChI is InChI=1S/C20H14FN3O2.Li/c21-20-16(2-1-9-22-20)14-5-8-18-17(11-14)23-12-24(18)15-6-3-13(4-7-15)10-19(25)26;/h1-9,11-12H,10H2,(H,25,26);/q;+1/p-1. The molecule has 0 aliphatic rings. The van der Waals surface area contributed by atoms with Crippen LogP contribution in [-0.4, -0.2) is 20.5 Å². The summed E-state index contributed by atoms with van der Waals surface area (Å²) in [5, 5.41) is 10.7. The third-order valence-electron chi connectivity index (χ3n) is 4.18. The van der Waals surface area contributed by atoms with Crippen LogP contribution in [-0.2, 0) is 11.2 Å². The number of nitrogens with zero attached hydrogens (tertiary/aromatic N) is 3. The summed E-state index contributed by atoms with van der Waals surface area (Å²) in [6.07, 6.45) is 2.98. The summed E-state index contributed by atoms with van der Waals surface area (Å²) in [6, 6.07) is 16.0. The van der Waals surface area contributed by atoms with Crippen LogP contribution in [0.2, 0.25) is 0 Å². The number of carbonyl (C=O) groups excluding carboxylic acids is 1. The maximum Gasteiger partial charge on any atom is 1.00 e. The average Bonchev–Trinajstić information content (AvgIpc) is 3.05. The number of hydrogen-bond acceptors (Lipinski definition) is 4. The quantitative estimate of drug-likeness (QED) is 0.367. The van der Waals surface area contributed by atoms with Gasteiger partial charge in [-0.2, -0.15) is 4.39 Å². The SMILES string of the molecule is O=C([O-])Cc1ccc(-n2cnc3cc(-c4cccnc4F)ccc32)cc1.[Li+]. The predicted molar refractivity (Wildman–Crippen MR) is 93.0 cm³/mol. The van der Waals surface area contributed by atoms with Crippen molar-refractivity contribution in [2.45, 2.75) is 6.42 Å². The number of aliphatic carboxylic acids is 1. The Morgan fingerprint density at radius 2 is 1.85 bits per heavy atom. The Morgan fingerprint density at radius 3 is 2.56 bits per heavy atom. The van der Waals surface area contributed by atoms with Gasteiger partial charge in [0.1, 0.15) is 6.33 Å². The van der Waals surface area contributed by atoms with Crippen molar-refractivity contribution >= 4 is 17.0 Å². The number of fused-ring (bicyclic) bond motifs is 1. The van der Waals surface area contributed by atoms with Crippen molar-refractivity contribution in [1.82, 2.24) is 14.5 Å². The van der Waals surface area contributed by atoms with Crippen LogP contribution in [0, 0.1) is 5.95 Å². The third-order valence-corrected chi connectivity index (χ3v) is 4.18. The number of pyridine rings is 1. The summed E-state index contributed by atoms with van der Waals surface area (Å²) in [4.78, 5) is 18.7. The fourth-order valence-electron chi connectivity index (χ4n) is 2.93. The molecule has 0 fully saturated rings.